The number of aromatic nitrogens is 1. The number of ether oxygens (including phenoxy) is 1. The van der Waals surface area contributed by atoms with E-state index in [1.54, 1.807) is 0 Å². The first-order chi connectivity index (χ1) is 14.2. The number of piperidine rings is 1. The first-order valence-electron chi connectivity index (χ1n) is 10.5. The highest BCUT2D eigenvalue weighted by atomic mass is 16.6. The molecule has 30 heavy (non-hydrogen) atoms. The van der Waals surface area contributed by atoms with E-state index in [0.29, 0.717) is 30.4 Å². The molecule has 0 spiro atoms. The highest BCUT2D eigenvalue weighted by molar-refractivity contribution is 5.79. The molecule has 1 saturated heterocycles. The number of likely N-dealkylation sites (tertiary alicyclic amines) is 1. The standard InChI is InChI=1S/C23H31N3O4/c1-16-19(25-21(29-16)17-10-6-5-7-11-17)14-20(27)26-13-9-8-12-18(26)15-24-22(28)30-23(2,3)4/h5-7,10-11,18H,8-9,12-15H2,1-4H3,(H,24,28). The third-order valence-electron chi connectivity index (χ3n) is 5.06. The van der Waals surface area contributed by atoms with Crippen molar-refractivity contribution in [1.82, 2.24) is 15.2 Å². The Morgan fingerprint density at radius 2 is 1.97 bits per heavy atom. The van der Waals surface area contributed by atoms with E-state index in [1.165, 1.54) is 0 Å². The zero-order chi connectivity index (χ0) is 21.7. The number of nitrogens with one attached hydrogen (secondary N) is 1. The van der Waals surface area contributed by atoms with Gasteiger partial charge in [-0.15, -0.1) is 0 Å². The summed E-state index contributed by atoms with van der Waals surface area (Å²) in [7, 11) is 0. The average Bonchev–Trinajstić information content (AvgIpc) is 3.06. The van der Waals surface area contributed by atoms with Crippen LogP contribution in [0.1, 0.15) is 51.5 Å². The van der Waals surface area contributed by atoms with Gasteiger partial charge in [0.1, 0.15) is 11.4 Å². The normalized spacial score (nSPS) is 16.9. The van der Waals surface area contributed by atoms with Gasteiger partial charge in [-0.25, -0.2) is 9.78 Å². The van der Waals surface area contributed by atoms with E-state index in [0.717, 1.165) is 24.8 Å². The Bertz CT molecular complexity index is 870. The fourth-order valence-electron chi connectivity index (χ4n) is 3.60. The molecule has 2 heterocycles. The lowest BCUT2D eigenvalue weighted by atomic mass is 10.0. The van der Waals surface area contributed by atoms with Crippen LogP contribution < -0.4 is 5.32 Å². The van der Waals surface area contributed by atoms with Gasteiger partial charge in [-0.2, -0.15) is 0 Å². The van der Waals surface area contributed by atoms with E-state index in [9.17, 15) is 9.59 Å². The molecule has 1 N–H and O–H groups in total. The van der Waals surface area contributed by atoms with Gasteiger partial charge in [0.2, 0.25) is 11.8 Å². The number of rotatable bonds is 5. The number of hydrogen-bond donors (Lipinski definition) is 1. The number of oxazole rings is 1. The Morgan fingerprint density at radius 3 is 2.67 bits per heavy atom. The molecule has 3 rings (SSSR count). The number of benzene rings is 1. The molecule has 1 atom stereocenters. The first kappa shape index (κ1) is 21.9. The number of nitrogens with zero attached hydrogens (tertiary/aromatic N) is 2. The van der Waals surface area contributed by atoms with Crippen molar-refractivity contribution >= 4 is 12.0 Å². The molecule has 1 unspecified atom stereocenters. The quantitative estimate of drug-likeness (QED) is 0.798. The Morgan fingerprint density at radius 1 is 1.23 bits per heavy atom. The average molecular weight is 414 g/mol. The molecule has 7 heteroatoms. The maximum Gasteiger partial charge on any atom is 0.407 e. The number of aryl methyl sites for hydroxylation is 1. The summed E-state index contributed by atoms with van der Waals surface area (Å²) in [6.45, 7) is 8.38. The highest BCUT2D eigenvalue weighted by Crippen LogP contribution is 2.23. The first-order valence-corrected chi connectivity index (χ1v) is 10.5. The van der Waals surface area contributed by atoms with Gasteiger partial charge in [0.05, 0.1) is 12.1 Å². The Balaban J connectivity index is 1.63. The number of amides is 2. The van der Waals surface area contributed by atoms with Crippen LogP contribution >= 0.6 is 0 Å². The van der Waals surface area contributed by atoms with E-state index in [2.05, 4.69) is 10.3 Å². The van der Waals surface area contributed by atoms with E-state index in [4.69, 9.17) is 9.15 Å². The zero-order valence-electron chi connectivity index (χ0n) is 18.2. The van der Waals surface area contributed by atoms with Gasteiger partial charge in [-0.1, -0.05) is 18.2 Å². The Kier molecular flexibility index (Phi) is 6.80. The number of hydrogen-bond acceptors (Lipinski definition) is 5. The van der Waals surface area contributed by atoms with Gasteiger partial charge in [-0.05, 0) is 59.1 Å². The lowest BCUT2D eigenvalue weighted by Gasteiger charge is -2.36. The van der Waals surface area contributed by atoms with E-state index < -0.39 is 11.7 Å². The Hall–Kier alpha value is -2.83. The van der Waals surface area contributed by atoms with Crippen molar-refractivity contribution in [2.24, 2.45) is 0 Å². The zero-order valence-corrected chi connectivity index (χ0v) is 18.2. The molecule has 0 saturated carbocycles. The Labute approximate surface area is 177 Å². The van der Waals surface area contributed by atoms with E-state index in [-0.39, 0.29) is 18.4 Å². The lowest BCUT2D eigenvalue weighted by molar-refractivity contribution is -0.134. The molecule has 0 aliphatic carbocycles. The SMILES string of the molecule is Cc1oc(-c2ccccc2)nc1CC(=O)N1CCCCC1CNC(=O)OC(C)(C)C. The summed E-state index contributed by atoms with van der Waals surface area (Å²) in [6.07, 6.45) is 2.58. The second-order valence-electron chi connectivity index (χ2n) is 8.68. The summed E-state index contributed by atoms with van der Waals surface area (Å²) in [4.78, 5) is 31.5. The number of carbonyl (C=O) groups excluding carboxylic acids is 2. The van der Waals surface area contributed by atoms with Crippen LogP contribution in [-0.2, 0) is 16.0 Å². The van der Waals surface area contributed by atoms with Crippen LogP contribution in [0.3, 0.4) is 0 Å². The third kappa shape index (κ3) is 5.84. The smallest absolute Gasteiger partial charge is 0.407 e. The molecule has 162 valence electrons. The van der Waals surface area contributed by atoms with Gasteiger partial charge in [-0.3, -0.25) is 4.79 Å². The minimum absolute atomic E-state index is 0.00157. The van der Waals surface area contributed by atoms with Crippen molar-refractivity contribution in [3.8, 4) is 11.5 Å². The molecular formula is C23H31N3O4. The van der Waals surface area contributed by atoms with Crippen LogP contribution in [0.25, 0.3) is 11.5 Å². The van der Waals surface area contributed by atoms with Crippen molar-refractivity contribution in [3.63, 3.8) is 0 Å². The summed E-state index contributed by atoms with van der Waals surface area (Å²) >= 11 is 0. The van der Waals surface area contributed by atoms with E-state index in [1.807, 2.05) is 62.9 Å². The lowest BCUT2D eigenvalue weighted by Crippen LogP contribution is -2.50. The van der Waals surface area contributed by atoms with E-state index >= 15 is 0 Å². The van der Waals surface area contributed by atoms with Gasteiger partial charge in [0.15, 0.2) is 0 Å². The van der Waals surface area contributed by atoms with Crippen LogP contribution in [0, 0.1) is 6.92 Å². The topological polar surface area (TPSA) is 84.7 Å². The summed E-state index contributed by atoms with van der Waals surface area (Å²) in [5, 5.41) is 2.81. The molecule has 0 radical (unpaired) electrons. The molecule has 0 bridgehead atoms. The number of carbonyl (C=O) groups is 2. The fourth-order valence-corrected chi connectivity index (χ4v) is 3.60. The fraction of sp³-hybridized carbons (Fsp3) is 0.522. The summed E-state index contributed by atoms with van der Waals surface area (Å²) in [5.41, 5.74) is 0.993. The van der Waals surface area contributed by atoms with Crippen molar-refractivity contribution in [2.45, 2.75) is 65.0 Å². The highest BCUT2D eigenvalue weighted by Gasteiger charge is 2.29. The van der Waals surface area contributed by atoms with Crippen LogP contribution in [0.4, 0.5) is 4.79 Å². The largest absolute Gasteiger partial charge is 0.444 e. The molecular weight excluding hydrogens is 382 g/mol. The van der Waals surface area contributed by atoms with Crippen molar-refractivity contribution in [3.05, 3.63) is 41.8 Å². The summed E-state index contributed by atoms with van der Waals surface area (Å²) < 4.78 is 11.1. The van der Waals surface area contributed by atoms with Crippen LogP contribution in [-0.4, -0.2) is 46.6 Å². The van der Waals surface area contributed by atoms with Crippen LogP contribution in [0.2, 0.25) is 0 Å². The number of alkyl carbamates (subject to hydrolysis) is 1. The van der Waals surface area contributed by atoms with Gasteiger partial charge in [0, 0.05) is 24.7 Å². The maximum atomic E-state index is 13.0. The third-order valence-corrected chi connectivity index (χ3v) is 5.06. The van der Waals surface area contributed by atoms with Gasteiger partial charge in [0.25, 0.3) is 0 Å². The van der Waals surface area contributed by atoms with Gasteiger partial charge < -0.3 is 19.4 Å². The van der Waals surface area contributed by atoms with Crippen molar-refractivity contribution in [1.29, 1.82) is 0 Å². The molecule has 1 fully saturated rings. The summed E-state index contributed by atoms with van der Waals surface area (Å²) in [6, 6.07) is 9.61. The van der Waals surface area contributed by atoms with Crippen LogP contribution in [0.5, 0.6) is 0 Å². The monoisotopic (exact) mass is 413 g/mol. The summed E-state index contributed by atoms with van der Waals surface area (Å²) in [5.74, 6) is 1.18. The second-order valence-corrected chi connectivity index (χ2v) is 8.68. The molecule has 1 aromatic heterocycles. The van der Waals surface area contributed by atoms with Gasteiger partial charge >= 0.3 is 6.09 Å². The van der Waals surface area contributed by atoms with Crippen molar-refractivity contribution < 1.29 is 18.7 Å². The van der Waals surface area contributed by atoms with Crippen molar-refractivity contribution in [2.75, 3.05) is 13.1 Å². The second kappa shape index (κ2) is 9.32. The maximum absolute atomic E-state index is 13.0. The molecule has 1 aromatic carbocycles. The predicted octanol–water partition coefficient (Wildman–Crippen LogP) is 4.10. The molecule has 1 aliphatic rings. The molecule has 7 nitrogen and oxygen atoms in total. The molecule has 2 aromatic rings. The minimum Gasteiger partial charge on any atom is -0.444 e. The molecule has 1 aliphatic heterocycles. The minimum atomic E-state index is -0.549. The van der Waals surface area contributed by atoms with Crippen LogP contribution in [0.15, 0.2) is 34.7 Å². The molecule has 2 amide bonds. The predicted molar refractivity (Wildman–Crippen MR) is 114 cm³/mol.